The molecule has 0 aromatic heterocycles. The van der Waals surface area contributed by atoms with Gasteiger partial charge in [0.05, 0.1) is 5.41 Å². The Bertz CT molecular complexity index is 450. The number of nitrogens with zero attached hydrogens (tertiary/aromatic N) is 1. The highest BCUT2D eigenvalue weighted by molar-refractivity contribution is 6.02. The van der Waals surface area contributed by atoms with Crippen LogP contribution in [0.1, 0.15) is 26.3 Å². The zero-order valence-electron chi connectivity index (χ0n) is 9.91. The average molecular weight is 200 g/mol. The third-order valence-electron chi connectivity index (χ3n) is 3.26. The Balaban J connectivity index is 2.68. The minimum atomic E-state index is 0.123. The number of fused-ring (bicyclic) bond motifs is 1. The maximum Gasteiger partial charge on any atom is 0.209 e. The molecule has 0 saturated heterocycles. The number of benzene rings is 1. The summed E-state index contributed by atoms with van der Waals surface area (Å²) in [6.07, 6.45) is 4.32. The lowest BCUT2D eigenvalue weighted by Gasteiger charge is -2.14. The largest absolute Gasteiger partial charge is 0.209 e. The first-order chi connectivity index (χ1) is 7.09. The lowest BCUT2D eigenvalue weighted by atomic mass is 9.81. The van der Waals surface area contributed by atoms with Crippen LogP contribution in [0.2, 0.25) is 0 Å². The zero-order chi connectivity index (χ0) is 11.1. The van der Waals surface area contributed by atoms with Crippen molar-refractivity contribution in [2.24, 2.45) is 0 Å². The second kappa shape index (κ2) is 3.34. The molecule has 1 aromatic rings. The molecule has 0 unspecified atom stereocenters. The molecule has 0 bridgehead atoms. The van der Waals surface area contributed by atoms with Crippen LogP contribution < -0.4 is 0 Å². The van der Waals surface area contributed by atoms with Gasteiger partial charge in [0.2, 0.25) is 5.69 Å². The number of rotatable bonds is 1. The summed E-state index contributed by atoms with van der Waals surface area (Å²) >= 11 is 0. The molecule has 0 atom stereocenters. The van der Waals surface area contributed by atoms with Gasteiger partial charge in [0, 0.05) is 17.7 Å². The van der Waals surface area contributed by atoms with E-state index in [0.717, 1.165) is 0 Å². The van der Waals surface area contributed by atoms with Crippen molar-refractivity contribution < 1.29 is 4.58 Å². The lowest BCUT2D eigenvalue weighted by molar-refractivity contribution is -0.401. The summed E-state index contributed by atoms with van der Waals surface area (Å²) in [6, 6.07) is 8.63. The number of hydrogen-bond donors (Lipinski definition) is 0. The summed E-state index contributed by atoms with van der Waals surface area (Å²) in [4.78, 5) is 0. The van der Waals surface area contributed by atoms with E-state index in [1.54, 1.807) is 0 Å². The fourth-order valence-corrected chi connectivity index (χ4v) is 2.46. The molecule has 78 valence electrons. The van der Waals surface area contributed by atoms with Crippen LogP contribution in [0.5, 0.6) is 0 Å². The van der Waals surface area contributed by atoms with Crippen molar-refractivity contribution in [2.75, 3.05) is 7.05 Å². The molecule has 0 radical (unpaired) electrons. The van der Waals surface area contributed by atoms with Crippen molar-refractivity contribution in [3.63, 3.8) is 0 Å². The van der Waals surface area contributed by atoms with Crippen LogP contribution in [0.25, 0.3) is 0 Å². The van der Waals surface area contributed by atoms with Crippen LogP contribution in [0.15, 0.2) is 36.4 Å². The first-order valence-electron chi connectivity index (χ1n) is 5.42. The van der Waals surface area contributed by atoms with Gasteiger partial charge in [-0.05, 0) is 20.8 Å². The van der Waals surface area contributed by atoms with E-state index in [1.165, 1.54) is 17.0 Å². The molecule has 0 saturated carbocycles. The molecule has 2 rings (SSSR count). The molecule has 1 aliphatic heterocycles. The molecule has 0 spiro atoms. The highest BCUT2D eigenvalue weighted by Crippen LogP contribution is 2.38. The van der Waals surface area contributed by atoms with Crippen molar-refractivity contribution in [1.29, 1.82) is 0 Å². The predicted molar refractivity (Wildman–Crippen MR) is 65.1 cm³/mol. The van der Waals surface area contributed by atoms with Crippen molar-refractivity contribution in [3.05, 3.63) is 42.0 Å². The van der Waals surface area contributed by atoms with Gasteiger partial charge in [-0.2, -0.15) is 4.58 Å². The van der Waals surface area contributed by atoms with E-state index in [-0.39, 0.29) is 5.41 Å². The topological polar surface area (TPSA) is 3.01 Å². The minimum absolute atomic E-state index is 0.123. The van der Waals surface area contributed by atoms with Crippen molar-refractivity contribution in [2.45, 2.75) is 26.2 Å². The predicted octanol–water partition coefficient (Wildman–Crippen LogP) is 3.27. The van der Waals surface area contributed by atoms with E-state index in [0.29, 0.717) is 0 Å². The van der Waals surface area contributed by atoms with Crippen molar-refractivity contribution in [3.8, 4) is 0 Å². The van der Waals surface area contributed by atoms with Gasteiger partial charge in [-0.15, -0.1) is 0 Å². The maximum absolute atomic E-state index is 2.29. The van der Waals surface area contributed by atoms with Crippen LogP contribution in [0.4, 0.5) is 5.69 Å². The molecule has 0 aliphatic carbocycles. The Morgan fingerprint density at radius 1 is 1.20 bits per heavy atom. The number of para-hydroxylation sites is 1. The van der Waals surface area contributed by atoms with Gasteiger partial charge in [-0.25, -0.2) is 0 Å². The van der Waals surface area contributed by atoms with Crippen molar-refractivity contribution in [1.82, 2.24) is 0 Å². The molecular weight excluding hydrogens is 182 g/mol. The lowest BCUT2D eigenvalue weighted by Crippen LogP contribution is -2.26. The molecule has 1 heteroatoms. The van der Waals surface area contributed by atoms with Crippen LogP contribution in [-0.4, -0.2) is 17.3 Å². The quantitative estimate of drug-likeness (QED) is 0.612. The van der Waals surface area contributed by atoms with E-state index in [1.807, 2.05) is 0 Å². The van der Waals surface area contributed by atoms with Crippen molar-refractivity contribution >= 4 is 11.4 Å². The summed E-state index contributed by atoms with van der Waals surface area (Å²) in [5.74, 6) is 0. The van der Waals surface area contributed by atoms with E-state index in [2.05, 4.69) is 68.8 Å². The SMILES string of the molecule is CC=CC1=[N+](C)c2ccccc2C1(C)C. The Morgan fingerprint density at radius 2 is 1.87 bits per heavy atom. The van der Waals surface area contributed by atoms with Gasteiger partial charge in [0.25, 0.3) is 0 Å². The standard InChI is InChI=1S/C14H18N/c1-5-8-13-14(2,3)11-9-6-7-10-12(11)15(13)4/h5-10H,1-4H3/q+1. The highest BCUT2D eigenvalue weighted by Gasteiger charge is 2.42. The molecule has 15 heavy (non-hydrogen) atoms. The molecule has 0 N–H and O–H groups in total. The zero-order valence-corrected chi connectivity index (χ0v) is 9.91. The molecule has 1 aromatic carbocycles. The second-order valence-electron chi connectivity index (χ2n) is 4.59. The van der Waals surface area contributed by atoms with Gasteiger partial charge in [-0.1, -0.05) is 24.3 Å². The first kappa shape index (κ1) is 10.2. The Morgan fingerprint density at radius 3 is 2.47 bits per heavy atom. The summed E-state index contributed by atoms with van der Waals surface area (Å²) in [6.45, 7) is 6.63. The molecular formula is C14H18N+. The summed E-state index contributed by atoms with van der Waals surface area (Å²) in [5.41, 5.74) is 4.24. The summed E-state index contributed by atoms with van der Waals surface area (Å²) in [5, 5.41) is 0. The molecule has 1 aliphatic rings. The first-order valence-corrected chi connectivity index (χ1v) is 5.42. The Kier molecular flexibility index (Phi) is 2.26. The average Bonchev–Trinajstić information content (AvgIpc) is 2.41. The molecule has 0 fully saturated rings. The molecule has 1 heterocycles. The van der Waals surface area contributed by atoms with E-state index >= 15 is 0 Å². The third kappa shape index (κ3) is 1.34. The highest BCUT2D eigenvalue weighted by atomic mass is 15.0. The normalized spacial score (nSPS) is 18.7. The Labute approximate surface area is 91.8 Å². The maximum atomic E-state index is 2.29. The summed E-state index contributed by atoms with van der Waals surface area (Å²) in [7, 11) is 2.14. The van der Waals surface area contributed by atoms with Gasteiger partial charge in [0.1, 0.15) is 7.05 Å². The monoisotopic (exact) mass is 200 g/mol. The minimum Gasteiger partial charge on any atom is -0.198 e. The van der Waals surface area contributed by atoms with E-state index < -0.39 is 0 Å². The third-order valence-corrected chi connectivity index (χ3v) is 3.26. The second-order valence-corrected chi connectivity index (χ2v) is 4.59. The number of allylic oxidation sites excluding steroid dienone is 2. The van der Waals surface area contributed by atoms with Gasteiger partial charge >= 0.3 is 0 Å². The van der Waals surface area contributed by atoms with E-state index in [9.17, 15) is 0 Å². The summed E-state index contributed by atoms with van der Waals surface area (Å²) < 4.78 is 2.29. The molecule has 1 nitrogen and oxygen atoms in total. The Hall–Kier alpha value is -1.37. The van der Waals surface area contributed by atoms with Crippen LogP contribution >= 0.6 is 0 Å². The van der Waals surface area contributed by atoms with Gasteiger partial charge in [0.15, 0.2) is 5.71 Å². The van der Waals surface area contributed by atoms with Crippen LogP contribution in [-0.2, 0) is 5.41 Å². The smallest absolute Gasteiger partial charge is 0.198 e. The van der Waals surface area contributed by atoms with Crippen LogP contribution in [0.3, 0.4) is 0 Å². The van der Waals surface area contributed by atoms with E-state index in [4.69, 9.17) is 0 Å². The fraction of sp³-hybridized carbons (Fsp3) is 0.357. The van der Waals surface area contributed by atoms with Crippen LogP contribution in [0, 0.1) is 0 Å². The number of hydrogen-bond acceptors (Lipinski definition) is 0. The van der Waals surface area contributed by atoms with Gasteiger partial charge < -0.3 is 0 Å². The van der Waals surface area contributed by atoms with Gasteiger partial charge in [-0.3, -0.25) is 0 Å². The fourth-order valence-electron chi connectivity index (χ4n) is 2.46. The molecule has 0 amide bonds.